The van der Waals surface area contributed by atoms with Gasteiger partial charge in [-0.1, -0.05) is 37.6 Å². The van der Waals surface area contributed by atoms with Gasteiger partial charge in [-0.2, -0.15) is 5.26 Å². The lowest BCUT2D eigenvalue weighted by Gasteiger charge is -2.21. The number of hydrogen-bond donors (Lipinski definition) is 0. The topological polar surface area (TPSA) is 23.8 Å². The van der Waals surface area contributed by atoms with Gasteiger partial charge in [-0.05, 0) is 17.7 Å². The van der Waals surface area contributed by atoms with Crippen LogP contribution in [0.4, 0.5) is 0 Å². The van der Waals surface area contributed by atoms with Gasteiger partial charge in [0.1, 0.15) is 0 Å². The molecule has 0 fully saturated rings. The van der Waals surface area contributed by atoms with Crippen LogP contribution in [-0.4, -0.2) is 0 Å². The molecule has 0 heterocycles. The van der Waals surface area contributed by atoms with Crippen LogP contribution in [0, 0.1) is 11.3 Å². The van der Waals surface area contributed by atoms with Crippen LogP contribution in [0.25, 0.3) is 0 Å². The zero-order valence-corrected chi connectivity index (χ0v) is 8.60. The van der Waals surface area contributed by atoms with E-state index in [4.69, 9.17) is 16.9 Å². The molecule has 0 N–H and O–H groups in total. The molecule has 1 nitrogen and oxygen atoms in total. The first kappa shape index (κ1) is 10.1. The maximum Gasteiger partial charge on any atom is 0.0630 e. The van der Waals surface area contributed by atoms with Gasteiger partial charge >= 0.3 is 0 Å². The summed E-state index contributed by atoms with van der Waals surface area (Å²) in [5.74, 6) is 0. The van der Waals surface area contributed by atoms with Gasteiger partial charge in [0.25, 0.3) is 0 Å². The van der Waals surface area contributed by atoms with Crippen LogP contribution in [0.15, 0.2) is 24.3 Å². The van der Waals surface area contributed by atoms with E-state index in [1.165, 1.54) is 0 Å². The minimum atomic E-state index is -0.0840. The average Bonchev–Trinajstić information content (AvgIpc) is 2.05. The normalized spacial score (nSPS) is 10.9. The molecule has 0 unspecified atom stereocenters. The fraction of sp³-hybridized carbons (Fsp3) is 0.364. The second-order valence-corrected chi connectivity index (χ2v) is 4.16. The largest absolute Gasteiger partial charge is 0.198 e. The Morgan fingerprint density at radius 1 is 1.31 bits per heavy atom. The van der Waals surface area contributed by atoms with Gasteiger partial charge in [-0.15, -0.1) is 0 Å². The van der Waals surface area contributed by atoms with Crippen LogP contribution in [0.2, 0.25) is 5.02 Å². The summed E-state index contributed by atoms with van der Waals surface area (Å²) in [6, 6.07) is 9.85. The smallest absolute Gasteiger partial charge is 0.0630 e. The lowest BCUT2D eigenvalue weighted by molar-refractivity contribution is 0.540. The average molecular weight is 194 g/mol. The fourth-order valence-corrected chi connectivity index (χ4v) is 1.33. The highest BCUT2D eigenvalue weighted by atomic mass is 35.5. The standard InChI is InChI=1S/C11H12ClN/c1-11(2,7-8-13)9-3-5-10(12)6-4-9/h3-6H,7H2,1-2H3. The highest BCUT2D eigenvalue weighted by Gasteiger charge is 2.19. The van der Waals surface area contributed by atoms with E-state index in [1.807, 2.05) is 24.3 Å². The molecule has 0 atom stereocenters. The molecule has 1 rings (SSSR count). The molecule has 0 saturated carbocycles. The minimum absolute atomic E-state index is 0.0840. The van der Waals surface area contributed by atoms with Crippen molar-refractivity contribution >= 4 is 11.6 Å². The summed E-state index contributed by atoms with van der Waals surface area (Å²) in [4.78, 5) is 0. The van der Waals surface area contributed by atoms with Crippen LogP contribution in [0.5, 0.6) is 0 Å². The van der Waals surface area contributed by atoms with Crippen molar-refractivity contribution in [3.8, 4) is 6.07 Å². The van der Waals surface area contributed by atoms with Crippen molar-refractivity contribution in [3.05, 3.63) is 34.9 Å². The third-order valence-electron chi connectivity index (χ3n) is 2.15. The van der Waals surface area contributed by atoms with Crippen molar-refractivity contribution in [2.45, 2.75) is 25.7 Å². The van der Waals surface area contributed by atoms with Gasteiger partial charge in [0, 0.05) is 16.9 Å². The van der Waals surface area contributed by atoms with Crippen LogP contribution in [0.3, 0.4) is 0 Å². The Bertz CT molecular complexity index is 319. The van der Waals surface area contributed by atoms with Gasteiger partial charge in [-0.25, -0.2) is 0 Å². The molecule has 1 aromatic rings. The minimum Gasteiger partial charge on any atom is -0.198 e. The molecular formula is C11H12ClN. The lowest BCUT2D eigenvalue weighted by Crippen LogP contribution is -2.15. The first-order valence-corrected chi connectivity index (χ1v) is 4.57. The van der Waals surface area contributed by atoms with Gasteiger partial charge in [0.2, 0.25) is 0 Å². The maximum absolute atomic E-state index is 8.64. The maximum atomic E-state index is 8.64. The summed E-state index contributed by atoms with van der Waals surface area (Å²) >= 11 is 5.77. The van der Waals surface area contributed by atoms with Gasteiger partial charge in [0.05, 0.1) is 6.07 Å². The molecule has 0 radical (unpaired) electrons. The van der Waals surface area contributed by atoms with Gasteiger partial charge in [-0.3, -0.25) is 0 Å². The van der Waals surface area contributed by atoms with Crippen molar-refractivity contribution in [1.29, 1.82) is 5.26 Å². The Kier molecular flexibility index (Phi) is 2.95. The Balaban J connectivity index is 2.95. The summed E-state index contributed by atoms with van der Waals surface area (Å²) in [5, 5.41) is 9.37. The summed E-state index contributed by atoms with van der Waals surface area (Å²) < 4.78 is 0. The van der Waals surface area contributed by atoms with Crippen molar-refractivity contribution in [2.24, 2.45) is 0 Å². The SMILES string of the molecule is CC(C)(CC#N)c1ccc(Cl)cc1. The Labute approximate surface area is 84.0 Å². The van der Waals surface area contributed by atoms with Crippen LogP contribution in [-0.2, 0) is 5.41 Å². The number of nitrogens with zero attached hydrogens (tertiary/aromatic N) is 1. The van der Waals surface area contributed by atoms with Crippen LogP contribution in [0.1, 0.15) is 25.8 Å². The van der Waals surface area contributed by atoms with E-state index in [-0.39, 0.29) is 5.41 Å². The molecule has 0 aromatic heterocycles. The monoisotopic (exact) mass is 193 g/mol. The van der Waals surface area contributed by atoms with E-state index in [0.29, 0.717) is 6.42 Å². The first-order valence-electron chi connectivity index (χ1n) is 4.19. The Morgan fingerprint density at radius 3 is 2.31 bits per heavy atom. The number of nitriles is 1. The molecular weight excluding hydrogens is 182 g/mol. The molecule has 1 aromatic carbocycles. The fourth-order valence-electron chi connectivity index (χ4n) is 1.20. The predicted molar refractivity (Wildman–Crippen MR) is 54.7 cm³/mol. The second kappa shape index (κ2) is 3.81. The van der Waals surface area contributed by atoms with E-state index >= 15 is 0 Å². The molecule has 0 saturated heterocycles. The summed E-state index contributed by atoms with van der Waals surface area (Å²) in [7, 11) is 0. The lowest BCUT2D eigenvalue weighted by atomic mass is 9.82. The first-order chi connectivity index (χ1) is 6.06. The van der Waals surface area contributed by atoms with E-state index in [1.54, 1.807) is 0 Å². The highest BCUT2D eigenvalue weighted by Crippen LogP contribution is 2.27. The molecule has 0 aliphatic heterocycles. The second-order valence-electron chi connectivity index (χ2n) is 3.73. The number of hydrogen-bond acceptors (Lipinski definition) is 1. The molecule has 0 amide bonds. The third-order valence-corrected chi connectivity index (χ3v) is 2.40. The Hall–Kier alpha value is -1.00. The number of benzene rings is 1. The van der Waals surface area contributed by atoms with E-state index in [0.717, 1.165) is 10.6 Å². The van der Waals surface area contributed by atoms with Gasteiger partial charge < -0.3 is 0 Å². The van der Waals surface area contributed by atoms with Crippen molar-refractivity contribution in [1.82, 2.24) is 0 Å². The molecule has 0 aliphatic carbocycles. The molecule has 13 heavy (non-hydrogen) atoms. The summed E-state index contributed by atoms with van der Waals surface area (Å²) in [6.45, 7) is 4.11. The predicted octanol–water partition coefficient (Wildman–Crippen LogP) is 3.53. The van der Waals surface area contributed by atoms with E-state index < -0.39 is 0 Å². The molecule has 0 bridgehead atoms. The van der Waals surface area contributed by atoms with E-state index in [2.05, 4.69) is 19.9 Å². The van der Waals surface area contributed by atoms with Crippen molar-refractivity contribution < 1.29 is 0 Å². The Morgan fingerprint density at radius 2 is 1.85 bits per heavy atom. The molecule has 2 heteroatoms. The zero-order chi connectivity index (χ0) is 9.90. The quantitative estimate of drug-likeness (QED) is 0.705. The molecule has 68 valence electrons. The number of halogens is 1. The molecule has 0 spiro atoms. The van der Waals surface area contributed by atoms with Crippen molar-refractivity contribution in [2.75, 3.05) is 0 Å². The van der Waals surface area contributed by atoms with Crippen molar-refractivity contribution in [3.63, 3.8) is 0 Å². The van der Waals surface area contributed by atoms with E-state index in [9.17, 15) is 0 Å². The summed E-state index contributed by atoms with van der Waals surface area (Å²) in [5.41, 5.74) is 1.07. The van der Waals surface area contributed by atoms with Crippen LogP contribution >= 0.6 is 11.6 Å². The number of rotatable bonds is 2. The summed E-state index contributed by atoms with van der Waals surface area (Å²) in [6.07, 6.45) is 0.522. The van der Waals surface area contributed by atoms with Crippen LogP contribution < -0.4 is 0 Å². The highest BCUT2D eigenvalue weighted by molar-refractivity contribution is 6.30. The molecule has 0 aliphatic rings. The third kappa shape index (κ3) is 2.47. The van der Waals surface area contributed by atoms with Gasteiger partial charge in [0.15, 0.2) is 0 Å². The zero-order valence-electron chi connectivity index (χ0n) is 7.84.